The molecule has 0 saturated carbocycles. The highest BCUT2D eigenvalue weighted by Gasteiger charge is 2.41. The normalized spacial score (nSPS) is 21.8. The van der Waals surface area contributed by atoms with Crippen LogP contribution in [0.5, 0.6) is 0 Å². The Morgan fingerprint density at radius 2 is 1.65 bits per heavy atom. The summed E-state index contributed by atoms with van der Waals surface area (Å²) in [7, 11) is 0. The third kappa shape index (κ3) is 1.82. The molecule has 1 fully saturated rings. The number of nitriles is 1. The van der Waals surface area contributed by atoms with Crippen LogP contribution in [0.25, 0.3) is 11.1 Å². The number of hydrogen-bond donors (Lipinski definition) is 0. The van der Waals surface area contributed by atoms with E-state index in [1.807, 2.05) is 36.4 Å². The van der Waals surface area contributed by atoms with Crippen LogP contribution in [0.3, 0.4) is 0 Å². The van der Waals surface area contributed by atoms with Gasteiger partial charge in [-0.25, -0.2) is 0 Å². The van der Waals surface area contributed by atoms with Crippen LogP contribution in [0.4, 0.5) is 0 Å². The lowest BCUT2D eigenvalue weighted by Gasteiger charge is -2.06. The largest absolute Gasteiger partial charge is 0.348 e. The van der Waals surface area contributed by atoms with Crippen molar-refractivity contribution in [2.24, 2.45) is 0 Å². The highest BCUT2D eigenvalue weighted by Crippen LogP contribution is 2.42. The average molecular weight is 221 g/mol. The van der Waals surface area contributed by atoms with Gasteiger partial charge in [0.15, 0.2) is 6.10 Å². The quantitative estimate of drug-likeness (QED) is 0.729. The van der Waals surface area contributed by atoms with Crippen molar-refractivity contribution in [2.75, 3.05) is 0 Å². The number of rotatable bonds is 2. The van der Waals surface area contributed by atoms with E-state index < -0.39 is 0 Å². The molecule has 1 saturated heterocycles. The molecule has 17 heavy (non-hydrogen) atoms. The van der Waals surface area contributed by atoms with E-state index in [2.05, 4.69) is 24.3 Å². The summed E-state index contributed by atoms with van der Waals surface area (Å²) in [6.45, 7) is 0. The monoisotopic (exact) mass is 221 g/mol. The van der Waals surface area contributed by atoms with Crippen molar-refractivity contribution in [1.82, 2.24) is 0 Å². The van der Waals surface area contributed by atoms with Crippen LogP contribution in [0.15, 0.2) is 54.6 Å². The van der Waals surface area contributed by atoms with Crippen molar-refractivity contribution in [3.05, 3.63) is 60.2 Å². The Balaban J connectivity index is 2.04. The molecule has 2 aromatic rings. The van der Waals surface area contributed by atoms with E-state index in [-0.39, 0.29) is 12.2 Å². The van der Waals surface area contributed by atoms with Gasteiger partial charge in [0.1, 0.15) is 6.10 Å². The number of hydrogen-bond acceptors (Lipinski definition) is 2. The van der Waals surface area contributed by atoms with Crippen molar-refractivity contribution < 1.29 is 4.74 Å². The van der Waals surface area contributed by atoms with Gasteiger partial charge in [-0.15, -0.1) is 0 Å². The van der Waals surface area contributed by atoms with E-state index in [9.17, 15) is 0 Å². The van der Waals surface area contributed by atoms with Crippen molar-refractivity contribution in [3.63, 3.8) is 0 Å². The summed E-state index contributed by atoms with van der Waals surface area (Å²) in [6, 6.07) is 20.4. The summed E-state index contributed by atoms with van der Waals surface area (Å²) in [5.74, 6) is 0. The molecular formula is C15H11NO. The van der Waals surface area contributed by atoms with Gasteiger partial charge in [-0.2, -0.15) is 5.26 Å². The first kappa shape index (κ1) is 10.1. The molecule has 1 aliphatic heterocycles. The predicted molar refractivity (Wildman–Crippen MR) is 65.1 cm³/mol. The molecule has 82 valence electrons. The van der Waals surface area contributed by atoms with Crippen LogP contribution in [0, 0.1) is 11.3 Å². The SMILES string of the molecule is N#C[C@H]1O[C@@H]1c1ccccc1-c1ccccc1. The number of ether oxygens (including phenoxy) is 1. The topological polar surface area (TPSA) is 36.3 Å². The van der Waals surface area contributed by atoms with Gasteiger partial charge in [0.25, 0.3) is 0 Å². The van der Waals surface area contributed by atoms with E-state index in [4.69, 9.17) is 10.00 Å². The lowest BCUT2D eigenvalue weighted by atomic mass is 9.97. The Morgan fingerprint density at radius 1 is 0.941 bits per heavy atom. The molecule has 0 aliphatic carbocycles. The minimum Gasteiger partial charge on any atom is -0.348 e. The van der Waals surface area contributed by atoms with E-state index in [1.165, 1.54) is 0 Å². The highest BCUT2D eigenvalue weighted by atomic mass is 16.6. The summed E-state index contributed by atoms with van der Waals surface area (Å²) in [6.07, 6.45) is -0.337. The summed E-state index contributed by atoms with van der Waals surface area (Å²) >= 11 is 0. The Kier molecular flexibility index (Phi) is 2.40. The third-order valence-corrected chi connectivity index (χ3v) is 2.97. The van der Waals surface area contributed by atoms with E-state index >= 15 is 0 Å². The van der Waals surface area contributed by atoms with Crippen LogP contribution in [0.1, 0.15) is 11.7 Å². The minimum atomic E-state index is -0.278. The molecule has 0 N–H and O–H groups in total. The number of epoxide rings is 1. The molecule has 0 spiro atoms. The standard InChI is InChI=1S/C15H11NO/c16-10-14-15(17-14)13-9-5-4-8-12(13)11-6-2-1-3-7-11/h1-9,14-15H/t14-,15-/m1/s1. The fraction of sp³-hybridized carbons (Fsp3) is 0.133. The van der Waals surface area contributed by atoms with Crippen molar-refractivity contribution >= 4 is 0 Å². The Hall–Kier alpha value is -2.11. The molecule has 1 aliphatic rings. The summed E-state index contributed by atoms with van der Waals surface area (Å²) < 4.78 is 5.35. The maximum absolute atomic E-state index is 8.82. The Morgan fingerprint density at radius 3 is 2.35 bits per heavy atom. The van der Waals surface area contributed by atoms with Gasteiger partial charge in [-0.3, -0.25) is 0 Å². The first-order chi connectivity index (χ1) is 8.40. The third-order valence-electron chi connectivity index (χ3n) is 2.97. The van der Waals surface area contributed by atoms with Crippen LogP contribution in [-0.2, 0) is 4.74 Å². The maximum Gasteiger partial charge on any atom is 0.175 e. The molecule has 2 aromatic carbocycles. The van der Waals surface area contributed by atoms with Gasteiger partial charge in [-0.1, -0.05) is 54.6 Å². The van der Waals surface area contributed by atoms with Gasteiger partial charge in [0.2, 0.25) is 0 Å². The second-order valence-electron chi connectivity index (χ2n) is 4.06. The molecular weight excluding hydrogens is 210 g/mol. The highest BCUT2D eigenvalue weighted by molar-refractivity contribution is 5.68. The molecule has 0 bridgehead atoms. The zero-order valence-corrected chi connectivity index (χ0v) is 9.21. The molecule has 0 amide bonds. The average Bonchev–Trinajstić information content (AvgIpc) is 3.19. The zero-order valence-electron chi connectivity index (χ0n) is 9.21. The van der Waals surface area contributed by atoms with Gasteiger partial charge in [0.05, 0.1) is 6.07 Å². The second-order valence-corrected chi connectivity index (χ2v) is 4.06. The second kappa shape index (κ2) is 4.04. The first-order valence-corrected chi connectivity index (χ1v) is 5.59. The maximum atomic E-state index is 8.82. The molecule has 3 rings (SSSR count). The molecule has 1 heterocycles. The molecule has 2 nitrogen and oxygen atoms in total. The van der Waals surface area contributed by atoms with Crippen molar-refractivity contribution in [1.29, 1.82) is 5.26 Å². The smallest absolute Gasteiger partial charge is 0.175 e. The summed E-state index contributed by atoms with van der Waals surface area (Å²) in [5.41, 5.74) is 3.41. The van der Waals surface area contributed by atoms with Crippen LogP contribution >= 0.6 is 0 Å². The van der Waals surface area contributed by atoms with E-state index in [1.54, 1.807) is 0 Å². The summed E-state index contributed by atoms with van der Waals surface area (Å²) in [5, 5.41) is 8.82. The van der Waals surface area contributed by atoms with E-state index in [0.29, 0.717) is 0 Å². The number of benzene rings is 2. The van der Waals surface area contributed by atoms with Gasteiger partial charge < -0.3 is 4.74 Å². The fourth-order valence-corrected chi connectivity index (χ4v) is 2.07. The molecule has 0 aromatic heterocycles. The van der Waals surface area contributed by atoms with Gasteiger partial charge >= 0.3 is 0 Å². The lowest BCUT2D eigenvalue weighted by molar-refractivity contribution is 0.396. The predicted octanol–water partition coefficient (Wildman–Crippen LogP) is 3.32. The van der Waals surface area contributed by atoms with Crippen molar-refractivity contribution in [3.8, 4) is 17.2 Å². The molecule has 0 unspecified atom stereocenters. The molecule has 0 radical (unpaired) electrons. The molecule has 2 atom stereocenters. The fourth-order valence-electron chi connectivity index (χ4n) is 2.07. The van der Waals surface area contributed by atoms with Crippen LogP contribution in [0.2, 0.25) is 0 Å². The number of nitrogens with zero attached hydrogens (tertiary/aromatic N) is 1. The zero-order chi connectivity index (χ0) is 11.7. The van der Waals surface area contributed by atoms with Gasteiger partial charge in [-0.05, 0) is 16.7 Å². The van der Waals surface area contributed by atoms with Crippen LogP contribution in [-0.4, -0.2) is 6.10 Å². The minimum absolute atomic E-state index is 0.0589. The Bertz CT molecular complexity index is 571. The van der Waals surface area contributed by atoms with Crippen molar-refractivity contribution in [2.45, 2.75) is 12.2 Å². The van der Waals surface area contributed by atoms with Crippen LogP contribution < -0.4 is 0 Å². The summed E-state index contributed by atoms with van der Waals surface area (Å²) in [4.78, 5) is 0. The van der Waals surface area contributed by atoms with Gasteiger partial charge in [0, 0.05) is 0 Å². The Labute approximate surface area is 100 Å². The van der Waals surface area contributed by atoms with E-state index in [0.717, 1.165) is 16.7 Å². The lowest BCUT2D eigenvalue weighted by Crippen LogP contribution is -1.89. The first-order valence-electron chi connectivity index (χ1n) is 5.59. The molecule has 2 heteroatoms.